The molecule has 1 amide bonds. The largest absolute Gasteiger partial charge is 0.427 e. The Hall–Kier alpha value is -5.91. The second kappa shape index (κ2) is 19.9. The fourth-order valence-electron chi connectivity index (χ4n) is 19.8. The lowest BCUT2D eigenvalue weighted by molar-refractivity contribution is -0.168. The number of fused-ring (bicyclic) bond motifs is 11. The molecule has 1 N–H and O–H groups in total. The van der Waals surface area contributed by atoms with Crippen molar-refractivity contribution in [3.05, 3.63) is 89.5 Å². The predicted molar refractivity (Wildman–Crippen MR) is 298 cm³/mol. The van der Waals surface area contributed by atoms with Gasteiger partial charge in [-0.25, -0.2) is 0 Å². The number of carbonyl (C=O) groups excluding carboxylic acids is 9. The summed E-state index contributed by atoms with van der Waals surface area (Å²) in [5.74, 6) is 0.866. The lowest BCUT2D eigenvalue weighted by Crippen LogP contribution is -2.60. The number of carbonyl (C=O) groups is 9. The van der Waals surface area contributed by atoms with Crippen molar-refractivity contribution in [1.82, 2.24) is 0 Å². The average Bonchev–Trinajstić information content (AvgIpc) is 4.23. The molecule has 0 aromatic heterocycles. The van der Waals surface area contributed by atoms with Crippen molar-refractivity contribution in [2.45, 2.75) is 163 Å². The van der Waals surface area contributed by atoms with Crippen LogP contribution in [0.25, 0.3) is 0 Å². The van der Waals surface area contributed by atoms with Gasteiger partial charge in [0.05, 0.1) is 0 Å². The Morgan fingerprint density at radius 1 is 0.537 bits per heavy atom. The van der Waals surface area contributed by atoms with E-state index in [1.54, 1.807) is 48.5 Å². The van der Waals surface area contributed by atoms with E-state index in [-0.39, 0.29) is 135 Å². The molecular formula is C68H79NO11. The first-order valence-electron chi connectivity index (χ1n) is 30.3. The van der Waals surface area contributed by atoms with Gasteiger partial charge in [0.1, 0.15) is 51.6 Å². The number of anilines is 1. The summed E-state index contributed by atoms with van der Waals surface area (Å²) in [6.07, 6.45) is 9.75. The van der Waals surface area contributed by atoms with Crippen LogP contribution in [0.3, 0.4) is 0 Å². The molecule has 0 radical (unpaired) electrons. The van der Waals surface area contributed by atoms with Crippen LogP contribution in [-0.4, -0.2) is 52.5 Å². The number of rotatable bonds is 12. The molecule has 422 valence electrons. The molecule has 0 saturated heterocycles. The average molecular weight is 1090 g/mol. The van der Waals surface area contributed by atoms with E-state index in [9.17, 15) is 43.2 Å². The second-order valence-electron chi connectivity index (χ2n) is 27.7. The monoisotopic (exact) mass is 1090 g/mol. The molecule has 12 rings (SSSR count). The van der Waals surface area contributed by atoms with Crippen LogP contribution in [0.4, 0.5) is 5.69 Å². The zero-order valence-electron chi connectivity index (χ0n) is 47.6. The third kappa shape index (κ3) is 8.33. The first kappa shape index (κ1) is 54.7. The molecule has 80 heavy (non-hydrogen) atoms. The standard InChI is InChI=1S/C68H79NO11/c1-37(47-21-23-50-61-52(35-57(74)66(47,50)5)64(3)29-27-43(70)31-41(64)33-55(61)72)11-25-59(76)79-45-17-13-39(14-18-45)68(49-9-7-8-10-54(49)69-63(68)78)40-15-19-46(20-16-40)80-60(77)26-12-38(2)48-22-24-51-62-53(36-58(75)67(48,51)6)65(4)30-28-44(71)32-42(65)34-56(62)73/h7-10,13-20,37-38,41-42,47-48,50-53,61-62H,11-12,21-36H2,1-6H3,(H,69,78)/t37-,38+,41?,42?,47-,48-,50+,51+,52+,53+,61+,62+,64+,65+,66-,67-,68?/m1/s1. The minimum Gasteiger partial charge on any atom is -0.427 e. The van der Waals surface area contributed by atoms with Crippen molar-refractivity contribution in [3.63, 3.8) is 0 Å². The molecular weight excluding hydrogens is 1010 g/mol. The minimum atomic E-state index is -1.28. The first-order valence-corrected chi connectivity index (χ1v) is 30.3. The highest BCUT2D eigenvalue weighted by Gasteiger charge is 2.68. The van der Waals surface area contributed by atoms with Gasteiger partial charge in [0.15, 0.2) is 0 Å². The molecule has 3 aromatic carbocycles. The fraction of sp³-hybridized carbons (Fsp3) is 0.603. The van der Waals surface area contributed by atoms with E-state index in [0.29, 0.717) is 92.5 Å². The number of Topliss-reactive ketones (excluding diaryl/α,β-unsaturated/α-hetero) is 6. The zero-order chi connectivity index (χ0) is 56.4. The molecule has 9 aliphatic rings. The third-order valence-corrected chi connectivity index (χ3v) is 24.4. The molecule has 12 nitrogen and oxygen atoms in total. The molecule has 1 heterocycles. The summed E-state index contributed by atoms with van der Waals surface area (Å²) in [7, 11) is 0. The van der Waals surface area contributed by atoms with Gasteiger partial charge in [0, 0.05) is 98.1 Å². The van der Waals surface area contributed by atoms with E-state index < -0.39 is 28.2 Å². The Bertz CT molecular complexity index is 2930. The van der Waals surface area contributed by atoms with Crippen molar-refractivity contribution >= 4 is 58.2 Å². The number of para-hydroxylation sites is 1. The number of hydrogen-bond acceptors (Lipinski definition) is 11. The van der Waals surface area contributed by atoms with Gasteiger partial charge in [-0.1, -0.05) is 84.0 Å². The van der Waals surface area contributed by atoms with Crippen LogP contribution in [0, 0.1) is 92.7 Å². The predicted octanol–water partition coefficient (Wildman–Crippen LogP) is 11.8. The van der Waals surface area contributed by atoms with Crippen molar-refractivity contribution in [2.75, 3.05) is 5.32 Å². The number of amides is 1. The van der Waals surface area contributed by atoms with Crippen molar-refractivity contribution in [1.29, 1.82) is 0 Å². The van der Waals surface area contributed by atoms with Crippen LogP contribution >= 0.6 is 0 Å². The van der Waals surface area contributed by atoms with E-state index in [2.05, 4.69) is 46.9 Å². The normalized spacial score (nSPS) is 38.6. The molecule has 3 unspecified atom stereocenters. The topological polar surface area (TPSA) is 184 Å². The molecule has 8 fully saturated rings. The Morgan fingerprint density at radius 3 is 1.40 bits per heavy atom. The van der Waals surface area contributed by atoms with E-state index in [4.69, 9.17) is 9.47 Å². The van der Waals surface area contributed by atoms with Gasteiger partial charge in [-0.3, -0.25) is 43.2 Å². The van der Waals surface area contributed by atoms with Gasteiger partial charge in [0.25, 0.3) is 0 Å². The van der Waals surface area contributed by atoms with Crippen molar-refractivity contribution in [3.8, 4) is 11.5 Å². The second-order valence-corrected chi connectivity index (χ2v) is 27.7. The molecule has 0 spiro atoms. The van der Waals surface area contributed by atoms with Gasteiger partial charge in [0.2, 0.25) is 5.91 Å². The lowest BCUT2D eigenvalue weighted by atomic mass is 9.44. The van der Waals surface area contributed by atoms with Gasteiger partial charge < -0.3 is 14.8 Å². The smallest absolute Gasteiger partial charge is 0.311 e. The summed E-state index contributed by atoms with van der Waals surface area (Å²) in [4.78, 5) is 123. The molecule has 1 aliphatic heterocycles. The summed E-state index contributed by atoms with van der Waals surface area (Å²) in [5, 5.41) is 3.08. The Morgan fingerprint density at radius 2 is 0.963 bits per heavy atom. The molecule has 17 atom stereocenters. The Balaban J connectivity index is 0.678. The number of ketones is 6. The molecule has 0 bridgehead atoms. The van der Waals surface area contributed by atoms with Crippen LogP contribution in [0.1, 0.15) is 174 Å². The summed E-state index contributed by atoms with van der Waals surface area (Å²) >= 11 is 0. The van der Waals surface area contributed by atoms with Crippen LogP contribution in [0.5, 0.6) is 11.5 Å². The number of ether oxygens (including phenoxy) is 2. The maximum Gasteiger partial charge on any atom is 0.311 e. The molecule has 12 heteroatoms. The van der Waals surface area contributed by atoms with Crippen LogP contribution in [0.2, 0.25) is 0 Å². The van der Waals surface area contributed by atoms with Gasteiger partial charge in [-0.15, -0.1) is 0 Å². The maximum absolute atomic E-state index is 14.4. The quantitative estimate of drug-likeness (QED) is 0.134. The van der Waals surface area contributed by atoms with E-state index >= 15 is 0 Å². The van der Waals surface area contributed by atoms with Gasteiger partial charge >= 0.3 is 11.9 Å². The van der Waals surface area contributed by atoms with E-state index in [1.807, 2.05) is 24.3 Å². The number of benzene rings is 3. The van der Waals surface area contributed by atoms with E-state index in [1.165, 1.54) is 0 Å². The van der Waals surface area contributed by atoms with Crippen LogP contribution < -0.4 is 14.8 Å². The van der Waals surface area contributed by atoms with Crippen molar-refractivity contribution < 1.29 is 52.6 Å². The molecule has 8 aliphatic carbocycles. The number of hydrogen-bond donors (Lipinski definition) is 1. The van der Waals surface area contributed by atoms with Crippen molar-refractivity contribution in [2.24, 2.45) is 92.7 Å². The Labute approximate surface area is 470 Å². The number of esters is 2. The zero-order valence-corrected chi connectivity index (χ0v) is 47.6. The highest BCUT2D eigenvalue weighted by Crippen LogP contribution is 2.68. The SMILES string of the molecule is C[C@H](CCC(=O)Oc1ccc(C2(c3ccc(OC(=O)CC[C@H](C)[C@H]4CC[C@H]5[C@@H]6C(=O)CC7CC(=O)CC[C@]7(C)[C@H]6CC(=O)[C@]45C)cc3)C(=O)Nc3ccccc32)cc1)[C@H]1CC[C@H]2[C@@H]3C(=O)CC4CC(=O)CC[C@]4(C)[C@H]3CC(=O)[C@]12C. The first-order chi connectivity index (χ1) is 38.1. The minimum absolute atomic E-state index is 0.0149. The highest BCUT2D eigenvalue weighted by molar-refractivity contribution is 6.11. The van der Waals surface area contributed by atoms with Crippen LogP contribution in [0.15, 0.2) is 72.8 Å². The fourth-order valence-corrected chi connectivity index (χ4v) is 19.8. The summed E-state index contributed by atoms with van der Waals surface area (Å²) in [5.41, 5.74) is -0.174. The molecule has 8 saturated carbocycles. The van der Waals surface area contributed by atoms with Crippen LogP contribution in [-0.2, 0) is 48.6 Å². The summed E-state index contributed by atoms with van der Waals surface area (Å²) < 4.78 is 11.8. The number of nitrogens with one attached hydrogen (secondary N) is 1. The summed E-state index contributed by atoms with van der Waals surface area (Å²) in [6, 6.07) is 21.6. The third-order valence-electron chi connectivity index (χ3n) is 24.4. The van der Waals surface area contributed by atoms with Gasteiger partial charge in [-0.2, -0.15) is 0 Å². The molecule has 3 aromatic rings. The lowest BCUT2D eigenvalue weighted by Gasteiger charge is -2.58. The van der Waals surface area contributed by atoms with E-state index in [0.717, 1.165) is 44.1 Å². The Kier molecular flexibility index (Phi) is 13.6. The highest BCUT2D eigenvalue weighted by atomic mass is 16.5. The maximum atomic E-state index is 14.4. The van der Waals surface area contributed by atoms with Gasteiger partial charge in [-0.05, 0) is 163 Å². The summed E-state index contributed by atoms with van der Waals surface area (Å²) in [6.45, 7) is 12.9.